The van der Waals surface area contributed by atoms with Gasteiger partial charge in [0.25, 0.3) is 11.8 Å². The summed E-state index contributed by atoms with van der Waals surface area (Å²) < 4.78 is 0. The van der Waals surface area contributed by atoms with Crippen LogP contribution in [-0.4, -0.2) is 57.9 Å². The highest BCUT2D eigenvalue weighted by molar-refractivity contribution is 5.96. The topological polar surface area (TPSA) is 77.9 Å². The van der Waals surface area contributed by atoms with E-state index in [4.69, 9.17) is 0 Å². The molecule has 1 fully saturated rings. The summed E-state index contributed by atoms with van der Waals surface area (Å²) in [5, 5.41) is 9.32. The second kappa shape index (κ2) is 8.03. The summed E-state index contributed by atoms with van der Waals surface area (Å²) in [5.74, 6) is -1.35. The van der Waals surface area contributed by atoms with Gasteiger partial charge in [-0.3, -0.25) is 14.4 Å². The van der Waals surface area contributed by atoms with Crippen LogP contribution in [-0.2, 0) is 4.79 Å². The third-order valence-electron chi connectivity index (χ3n) is 4.76. The zero-order valence-corrected chi connectivity index (χ0v) is 15.1. The Balaban J connectivity index is 1.85. The van der Waals surface area contributed by atoms with Crippen molar-refractivity contribution in [2.24, 2.45) is 0 Å². The molecule has 1 aliphatic heterocycles. The van der Waals surface area contributed by atoms with Gasteiger partial charge >= 0.3 is 5.97 Å². The molecule has 0 unspecified atom stereocenters. The summed E-state index contributed by atoms with van der Waals surface area (Å²) in [6, 6.07) is 16.8. The number of carbonyl (C=O) groups excluding carboxylic acids is 2. The van der Waals surface area contributed by atoms with Crippen molar-refractivity contribution in [1.82, 2.24) is 9.80 Å². The van der Waals surface area contributed by atoms with Gasteiger partial charge in [-0.05, 0) is 31.2 Å². The maximum absolute atomic E-state index is 13.0. The first-order chi connectivity index (χ1) is 13.0. The van der Waals surface area contributed by atoms with Crippen molar-refractivity contribution in [1.29, 1.82) is 0 Å². The minimum absolute atomic E-state index is 0.148. The molecule has 0 saturated carbocycles. The van der Waals surface area contributed by atoms with Crippen LogP contribution in [0.3, 0.4) is 0 Å². The Labute approximate surface area is 158 Å². The summed E-state index contributed by atoms with van der Waals surface area (Å²) in [5.41, 5.74) is 1.07. The summed E-state index contributed by atoms with van der Waals surface area (Å²) in [7, 11) is 0. The first-order valence-electron chi connectivity index (χ1n) is 8.91. The molecule has 0 radical (unpaired) electrons. The maximum atomic E-state index is 13.0. The summed E-state index contributed by atoms with van der Waals surface area (Å²) in [6.45, 7) is 2.41. The molecule has 2 atom stereocenters. The lowest BCUT2D eigenvalue weighted by atomic mass is 10.0. The first kappa shape index (κ1) is 18.6. The van der Waals surface area contributed by atoms with E-state index in [-0.39, 0.29) is 30.8 Å². The average molecular weight is 366 g/mol. The highest BCUT2D eigenvalue weighted by atomic mass is 16.4. The van der Waals surface area contributed by atoms with Crippen LogP contribution in [0.1, 0.15) is 34.1 Å². The molecule has 27 heavy (non-hydrogen) atoms. The molecule has 3 rings (SSSR count). The van der Waals surface area contributed by atoms with Crippen molar-refractivity contribution in [3.05, 3.63) is 71.8 Å². The van der Waals surface area contributed by atoms with Crippen LogP contribution in [0.2, 0.25) is 0 Å². The van der Waals surface area contributed by atoms with E-state index in [1.165, 1.54) is 0 Å². The number of rotatable bonds is 4. The molecule has 6 heteroatoms. The van der Waals surface area contributed by atoms with E-state index in [0.717, 1.165) is 0 Å². The summed E-state index contributed by atoms with van der Waals surface area (Å²) in [6.07, 6.45) is -0.207. The van der Waals surface area contributed by atoms with Gasteiger partial charge in [0.05, 0.1) is 12.5 Å². The largest absolute Gasteiger partial charge is 0.481 e. The SMILES string of the molecule is C[C@@H]1CN(C(=O)c2ccccc2)C[C@@H](CC(=O)O)N1C(=O)c1ccccc1. The Hall–Kier alpha value is -3.15. The molecule has 0 aliphatic carbocycles. The Morgan fingerprint density at radius 3 is 1.93 bits per heavy atom. The molecule has 1 saturated heterocycles. The van der Waals surface area contributed by atoms with E-state index in [0.29, 0.717) is 17.7 Å². The molecular weight excluding hydrogens is 344 g/mol. The van der Waals surface area contributed by atoms with E-state index in [9.17, 15) is 19.5 Å². The van der Waals surface area contributed by atoms with E-state index in [1.807, 2.05) is 19.1 Å². The zero-order chi connectivity index (χ0) is 19.4. The van der Waals surface area contributed by atoms with Crippen molar-refractivity contribution >= 4 is 17.8 Å². The summed E-state index contributed by atoms with van der Waals surface area (Å²) in [4.78, 5) is 40.4. The normalized spacial score (nSPS) is 19.6. The monoisotopic (exact) mass is 366 g/mol. The minimum atomic E-state index is -0.993. The number of carboxylic acids is 1. The van der Waals surface area contributed by atoms with Crippen LogP contribution in [0.15, 0.2) is 60.7 Å². The van der Waals surface area contributed by atoms with Crippen molar-refractivity contribution in [2.75, 3.05) is 13.1 Å². The molecule has 140 valence electrons. The van der Waals surface area contributed by atoms with Crippen molar-refractivity contribution < 1.29 is 19.5 Å². The van der Waals surface area contributed by atoms with Gasteiger partial charge in [-0.1, -0.05) is 36.4 Å². The van der Waals surface area contributed by atoms with Gasteiger partial charge in [-0.15, -0.1) is 0 Å². The number of amides is 2. The quantitative estimate of drug-likeness (QED) is 0.902. The Morgan fingerprint density at radius 1 is 0.889 bits per heavy atom. The molecule has 1 heterocycles. The predicted molar refractivity (Wildman–Crippen MR) is 100 cm³/mol. The molecule has 0 bridgehead atoms. The lowest BCUT2D eigenvalue weighted by molar-refractivity contribution is -0.138. The standard InChI is InChI=1S/C21H22N2O4/c1-15-13-22(20(26)16-8-4-2-5-9-16)14-18(12-19(24)25)23(15)21(27)17-10-6-3-7-11-17/h2-11,15,18H,12-14H2,1H3,(H,24,25)/t15-,18-/m1/s1. The van der Waals surface area contributed by atoms with Gasteiger partial charge in [0.1, 0.15) is 0 Å². The fourth-order valence-corrected chi connectivity index (χ4v) is 3.57. The molecule has 0 spiro atoms. The third-order valence-corrected chi connectivity index (χ3v) is 4.76. The first-order valence-corrected chi connectivity index (χ1v) is 8.91. The smallest absolute Gasteiger partial charge is 0.305 e. The maximum Gasteiger partial charge on any atom is 0.305 e. The average Bonchev–Trinajstić information content (AvgIpc) is 2.67. The van der Waals surface area contributed by atoms with Gasteiger partial charge in [0.15, 0.2) is 0 Å². The number of aliphatic carboxylic acids is 1. The van der Waals surface area contributed by atoms with Crippen LogP contribution in [0.5, 0.6) is 0 Å². The second-order valence-corrected chi connectivity index (χ2v) is 6.76. The predicted octanol–water partition coefficient (Wildman–Crippen LogP) is 2.52. The Morgan fingerprint density at radius 2 is 1.41 bits per heavy atom. The number of hydrogen-bond donors (Lipinski definition) is 1. The molecule has 1 N–H and O–H groups in total. The molecule has 6 nitrogen and oxygen atoms in total. The number of carboxylic acid groups (broad SMARTS) is 1. The fourth-order valence-electron chi connectivity index (χ4n) is 3.57. The van der Waals surface area contributed by atoms with Gasteiger partial charge in [0, 0.05) is 30.3 Å². The van der Waals surface area contributed by atoms with Crippen LogP contribution in [0.25, 0.3) is 0 Å². The van der Waals surface area contributed by atoms with E-state index >= 15 is 0 Å². The van der Waals surface area contributed by atoms with Crippen LogP contribution < -0.4 is 0 Å². The van der Waals surface area contributed by atoms with Gasteiger partial charge < -0.3 is 14.9 Å². The van der Waals surface area contributed by atoms with E-state index in [2.05, 4.69) is 0 Å². The summed E-state index contributed by atoms with van der Waals surface area (Å²) >= 11 is 0. The fraction of sp³-hybridized carbons (Fsp3) is 0.286. The van der Waals surface area contributed by atoms with Crippen molar-refractivity contribution in [3.63, 3.8) is 0 Å². The third kappa shape index (κ3) is 4.16. The lowest BCUT2D eigenvalue weighted by Gasteiger charge is -2.45. The highest BCUT2D eigenvalue weighted by Crippen LogP contribution is 2.23. The Kier molecular flexibility index (Phi) is 5.54. The van der Waals surface area contributed by atoms with Gasteiger partial charge in [-0.25, -0.2) is 0 Å². The van der Waals surface area contributed by atoms with Crippen LogP contribution >= 0.6 is 0 Å². The molecule has 2 aromatic carbocycles. The highest BCUT2D eigenvalue weighted by Gasteiger charge is 2.38. The molecular formula is C21H22N2O4. The van der Waals surface area contributed by atoms with Crippen LogP contribution in [0, 0.1) is 0 Å². The zero-order valence-electron chi connectivity index (χ0n) is 15.1. The molecule has 2 amide bonds. The van der Waals surface area contributed by atoms with E-state index in [1.54, 1.807) is 58.3 Å². The van der Waals surface area contributed by atoms with Crippen LogP contribution in [0.4, 0.5) is 0 Å². The number of piperazine rings is 1. The van der Waals surface area contributed by atoms with Gasteiger partial charge in [-0.2, -0.15) is 0 Å². The number of nitrogens with zero attached hydrogens (tertiary/aromatic N) is 2. The second-order valence-electron chi connectivity index (χ2n) is 6.76. The van der Waals surface area contributed by atoms with Crippen molar-refractivity contribution in [3.8, 4) is 0 Å². The van der Waals surface area contributed by atoms with E-state index < -0.39 is 12.0 Å². The lowest BCUT2D eigenvalue weighted by Crippen LogP contribution is -2.61. The Bertz CT molecular complexity index is 823. The number of hydrogen-bond acceptors (Lipinski definition) is 3. The molecule has 2 aromatic rings. The number of benzene rings is 2. The number of carbonyl (C=O) groups is 3. The molecule has 0 aromatic heterocycles. The molecule has 1 aliphatic rings. The van der Waals surface area contributed by atoms with Crippen molar-refractivity contribution in [2.45, 2.75) is 25.4 Å². The minimum Gasteiger partial charge on any atom is -0.481 e. The van der Waals surface area contributed by atoms with Gasteiger partial charge in [0.2, 0.25) is 0 Å².